The maximum absolute atomic E-state index is 5.71. The highest BCUT2D eigenvalue weighted by molar-refractivity contribution is 7.98. The largest absolute Gasteiger partial charge is 0.157 e. The van der Waals surface area contributed by atoms with Crippen LogP contribution in [0.1, 0.15) is 15.4 Å². The van der Waals surface area contributed by atoms with E-state index in [1.165, 1.54) is 27.5 Å². The van der Waals surface area contributed by atoms with Crippen LogP contribution in [0.25, 0.3) is 9.88 Å². The summed E-state index contributed by atoms with van der Waals surface area (Å²) in [6.45, 7) is 0. The Labute approximate surface area is 117 Å². The number of fused-ring (bicyclic) bond motifs is 1. The summed E-state index contributed by atoms with van der Waals surface area (Å²) in [4.78, 5) is 2.81. The Morgan fingerprint density at radius 2 is 2.24 bits per heavy atom. The molecule has 0 radical (unpaired) electrons. The van der Waals surface area contributed by atoms with Crippen molar-refractivity contribution in [2.75, 3.05) is 11.6 Å². The Kier molecular flexibility index (Phi) is 3.70. The average molecular weight is 303 g/mol. The molecule has 0 saturated carbocycles. The van der Waals surface area contributed by atoms with Gasteiger partial charge < -0.3 is 0 Å². The van der Waals surface area contributed by atoms with Crippen molar-refractivity contribution < 1.29 is 0 Å². The normalized spacial score (nSPS) is 14.9. The Bertz CT molecular complexity index is 497. The van der Waals surface area contributed by atoms with Crippen molar-refractivity contribution in [2.45, 2.75) is 18.6 Å². The Hall–Kier alpha value is -0.100. The van der Waals surface area contributed by atoms with Crippen molar-refractivity contribution >= 4 is 46.0 Å². The number of aryl methyl sites for hydroxylation is 2. The zero-order valence-corrected chi connectivity index (χ0v) is 12.3. The lowest BCUT2D eigenvalue weighted by Crippen LogP contribution is -1.96. The molecule has 0 unspecified atom stereocenters. The van der Waals surface area contributed by atoms with E-state index in [2.05, 4.69) is 16.3 Å². The second kappa shape index (κ2) is 5.26. The molecule has 17 heavy (non-hydrogen) atoms. The molecule has 0 aromatic carbocycles. The highest BCUT2D eigenvalue weighted by atomic mass is 35.5. The van der Waals surface area contributed by atoms with Crippen LogP contribution < -0.4 is 0 Å². The van der Waals surface area contributed by atoms with Crippen LogP contribution in [-0.2, 0) is 18.6 Å². The van der Waals surface area contributed by atoms with Crippen LogP contribution in [0.3, 0.4) is 0 Å². The third kappa shape index (κ3) is 2.52. The molecular formula is C11H11ClN2S3. The second-order valence-corrected chi connectivity index (χ2v) is 7.48. The van der Waals surface area contributed by atoms with Crippen LogP contribution in [0.5, 0.6) is 0 Å². The monoisotopic (exact) mass is 302 g/mol. The first-order chi connectivity index (χ1) is 8.36. The number of thiophene rings is 1. The van der Waals surface area contributed by atoms with Gasteiger partial charge in [0.2, 0.25) is 0 Å². The van der Waals surface area contributed by atoms with E-state index in [0.717, 1.165) is 22.2 Å². The molecule has 0 amide bonds. The SMILES string of the molecule is ClCCc1nnc(-c2cc3c(s2)CCSC3)s1. The van der Waals surface area contributed by atoms with Gasteiger partial charge in [-0.2, -0.15) is 11.8 Å². The van der Waals surface area contributed by atoms with Gasteiger partial charge in [-0.1, -0.05) is 11.3 Å². The van der Waals surface area contributed by atoms with Crippen molar-refractivity contribution in [3.8, 4) is 9.88 Å². The minimum absolute atomic E-state index is 0.617. The van der Waals surface area contributed by atoms with E-state index in [1.54, 1.807) is 11.3 Å². The number of thioether (sulfide) groups is 1. The quantitative estimate of drug-likeness (QED) is 0.806. The first-order valence-corrected chi connectivity index (χ1v) is 8.77. The van der Waals surface area contributed by atoms with Gasteiger partial charge in [0, 0.05) is 22.9 Å². The zero-order chi connectivity index (χ0) is 11.7. The maximum Gasteiger partial charge on any atom is 0.157 e. The molecule has 0 spiro atoms. The second-order valence-electron chi connectivity index (χ2n) is 3.80. The number of nitrogens with zero attached hydrogens (tertiary/aromatic N) is 2. The summed E-state index contributed by atoms with van der Waals surface area (Å²) < 4.78 is 0. The molecule has 0 aliphatic carbocycles. The van der Waals surface area contributed by atoms with E-state index >= 15 is 0 Å². The number of halogens is 1. The van der Waals surface area contributed by atoms with Crippen LogP contribution in [0.15, 0.2) is 6.07 Å². The Morgan fingerprint density at radius 1 is 1.29 bits per heavy atom. The van der Waals surface area contributed by atoms with Crippen molar-refractivity contribution in [1.82, 2.24) is 10.2 Å². The number of aromatic nitrogens is 2. The lowest BCUT2D eigenvalue weighted by molar-refractivity contribution is 0.991. The summed E-state index contributed by atoms with van der Waals surface area (Å²) in [5.41, 5.74) is 1.50. The lowest BCUT2D eigenvalue weighted by atomic mass is 10.2. The molecule has 1 aliphatic rings. The summed E-state index contributed by atoms with van der Waals surface area (Å²) in [6.07, 6.45) is 2.03. The van der Waals surface area contributed by atoms with E-state index in [9.17, 15) is 0 Å². The van der Waals surface area contributed by atoms with Gasteiger partial charge in [0.1, 0.15) is 5.01 Å². The number of alkyl halides is 1. The molecule has 0 N–H and O–H groups in total. The van der Waals surface area contributed by atoms with Gasteiger partial charge in [-0.25, -0.2) is 0 Å². The fourth-order valence-electron chi connectivity index (χ4n) is 1.79. The molecule has 0 saturated heterocycles. The molecule has 0 bridgehead atoms. The standard InChI is InChI=1S/C11H11ClN2S3/c12-3-1-10-13-14-11(17-10)9-5-7-6-15-4-2-8(7)16-9/h5H,1-4,6H2. The number of rotatable bonds is 3. The first-order valence-electron chi connectivity index (χ1n) is 5.45. The van der Waals surface area contributed by atoms with E-state index in [0.29, 0.717) is 5.88 Å². The maximum atomic E-state index is 5.71. The molecule has 2 aromatic rings. The summed E-state index contributed by atoms with van der Waals surface area (Å²) in [5, 5.41) is 10.5. The third-order valence-electron chi connectivity index (χ3n) is 2.61. The summed E-state index contributed by atoms with van der Waals surface area (Å²) >= 11 is 11.3. The van der Waals surface area contributed by atoms with Gasteiger partial charge in [-0.15, -0.1) is 33.1 Å². The highest BCUT2D eigenvalue weighted by Gasteiger charge is 2.16. The first kappa shape index (κ1) is 12.0. The van der Waals surface area contributed by atoms with Gasteiger partial charge in [0.15, 0.2) is 5.01 Å². The van der Waals surface area contributed by atoms with E-state index in [-0.39, 0.29) is 0 Å². The van der Waals surface area contributed by atoms with Gasteiger partial charge in [0.05, 0.1) is 4.88 Å². The molecular weight excluding hydrogens is 292 g/mol. The van der Waals surface area contributed by atoms with Gasteiger partial charge in [-0.3, -0.25) is 0 Å². The molecule has 3 rings (SSSR count). The van der Waals surface area contributed by atoms with Crippen LogP contribution in [0.2, 0.25) is 0 Å². The van der Waals surface area contributed by atoms with Crippen LogP contribution in [0, 0.1) is 0 Å². The van der Waals surface area contributed by atoms with E-state index in [1.807, 2.05) is 23.1 Å². The van der Waals surface area contributed by atoms with Gasteiger partial charge >= 0.3 is 0 Å². The van der Waals surface area contributed by atoms with E-state index in [4.69, 9.17) is 11.6 Å². The summed E-state index contributed by atoms with van der Waals surface area (Å²) in [7, 11) is 0. The van der Waals surface area contributed by atoms with Crippen molar-refractivity contribution in [3.05, 3.63) is 21.5 Å². The third-order valence-corrected chi connectivity index (χ3v) is 6.20. The molecule has 3 heterocycles. The zero-order valence-electron chi connectivity index (χ0n) is 9.11. The van der Waals surface area contributed by atoms with Crippen molar-refractivity contribution in [1.29, 1.82) is 0 Å². The molecule has 0 fully saturated rings. The van der Waals surface area contributed by atoms with E-state index < -0.39 is 0 Å². The fourth-order valence-corrected chi connectivity index (χ4v) is 5.33. The highest BCUT2D eigenvalue weighted by Crippen LogP contribution is 2.37. The van der Waals surface area contributed by atoms with Crippen LogP contribution >= 0.6 is 46.0 Å². The predicted molar refractivity (Wildman–Crippen MR) is 77.5 cm³/mol. The molecule has 1 aliphatic heterocycles. The molecule has 2 nitrogen and oxygen atoms in total. The average Bonchev–Trinajstić information content (AvgIpc) is 2.94. The lowest BCUT2D eigenvalue weighted by Gasteiger charge is -2.08. The number of hydrogen-bond donors (Lipinski definition) is 0. The molecule has 2 aromatic heterocycles. The smallest absolute Gasteiger partial charge is 0.157 e. The van der Waals surface area contributed by atoms with Gasteiger partial charge in [-0.05, 0) is 23.8 Å². The minimum atomic E-state index is 0.617. The minimum Gasteiger partial charge on any atom is -0.157 e. The number of hydrogen-bond acceptors (Lipinski definition) is 5. The Balaban J connectivity index is 1.89. The molecule has 0 atom stereocenters. The fraction of sp³-hybridized carbons (Fsp3) is 0.455. The summed E-state index contributed by atoms with van der Waals surface area (Å²) in [6, 6.07) is 2.29. The van der Waals surface area contributed by atoms with Crippen LogP contribution in [0.4, 0.5) is 0 Å². The van der Waals surface area contributed by atoms with Crippen molar-refractivity contribution in [2.24, 2.45) is 0 Å². The molecule has 6 heteroatoms. The van der Waals surface area contributed by atoms with Gasteiger partial charge in [0.25, 0.3) is 0 Å². The molecule has 90 valence electrons. The van der Waals surface area contributed by atoms with Crippen molar-refractivity contribution in [3.63, 3.8) is 0 Å². The topological polar surface area (TPSA) is 25.8 Å². The summed E-state index contributed by atoms with van der Waals surface area (Å²) in [5.74, 6) is 3.02. The van der Waals surface area contributed by atoms with Crippen LogP contribution in [-0.4, -0.2) is 21.8 Å². The Morgan fingerprint density at radius 3 is 3.06 bits per heavy atom. The predicted octanol–water partition coefficient (Wildman–Crippen LogP) is 3.84.